The molecule has 9 nitrogen and oxygen atoms in total. The summed E-state index contributed by atoms with van der Waals surface area (Å²) in [5.74, 6) is 0. The molecule has 0 bridgehead atoms. The third kappa shape index (κ3) is 3.48. The maximum atomic E-state index is 13.0. The predicted molar refractivity (Wildman–Crippen MR) is 102 cm³/mol. The molecule has 3 aromatic heterocycles. The second kappa shape index (κ2) is 7.28. The van der Waals surface area contributed by atoms with Gasteiger partial charge in [-0.05, 0) is 31.0 Å². The molecule has 0 N–H and O–H groups in total. The number of rotatable bonds is 5. The van der Waals surface area contributed by atoms with Crippen LogP contribution in [0.15, 0.2) is 58.7 Å². The van der Waals surface area contributed by atoms with Gasteiger partial charge in [-0.15, -0.1) is 0 Å². The Morgan fingerprint density at radius 3 is 2.79 bits per heavy atom. The van der Waals surface area contributed by atoms with E-state index in [1.165, 1.54) is 32.1 Å². The zero-order valence-corrected chi connectivity index (χ0v) is 16.2. The van der Waals surface area contributed by atoms with Gasteiger partial charge in [0.25, 0.3) is 5.56 Å². The fourth-order valence-corrected chi connectivity index (χ4v) is 5.09. The highest BCUT2D eigenvalue weighted by Gasteiger charge is 2.36. The van der Waals surface area contributed by atoms with Crippen LogP contribution in [0.4, 0.5) is 0 Å². The molecule has 28 heavy (non-hydrogen) atoms. The van der Waals surface area contributed by atoms with Crippen LogP contribution in [0.3, 0.4) is 0 Å². The summed E-state index contributed by atoms with van der Waals surface area (Å²) >= 11 is 0. The minimum Gasteiger partial charge on any atom is -0.274 e. The molecule has 0 aliphatic carbocycles. The minimum absolute atomic E-state index is 0.159. The third-order valence-electron chi connectivity index (χ3n) is 4.82. The monoisotopic (exact) mass is 400 g/mol. The molecule has 0 aromatic carbocycles. The molecular formula is C18H20N6O3S. The topological polar surface area (TPSA) is 103 Å². The van der Waals surface area contributed by atoms with Gasteiger partial charge in [-0.1, -0.05) is 0 Å². The van der Waals surface area contributed by atoms with Crippen molar-refractivity contribution >= 4 is 10.0 Å². The Hall–Kier alpha value is -2.85. The van der Waals surface area contributed by atoms with Gasteiger partial charge in [0, 0.05) is 49.9 Å². The Morgan fingerprint density at radius 1 is 1.21 bits per heavy atom. The second-order valence-electron chi connectivity index (χ2n) is 6.74. The quantitative estimate of drug-likeness (QED) is 0.630. The first-order valence-corrected chi connectivity index (χ1v) is 10.4. The van der Waals surface area contributed by atoms with Gasteiger partial charge in [0.2, 0.25) is 10.0 Å². The Morgan fingerprint density at radius 2 is 2.07 bits per heavy atom. The molecule has 1 saturated heterocycles. The van der Waals surface area contributed by atoms with Gasteiger partial charge >= 0.3 is 0 Å². The van der Waals surface area contributed by atoms with Crippen molar-refractivity contribution in [3.05, 3.63) is 59.4 Å². The molecule has 1 unspecified atom stereocenters. The van der Waals surface area contributed by atoms with E-state index in [2.05, 4.69) is 15.2 Å². The van der Waals surface area contributed by atoms with Crippen LogP contribution in [0.1, 0.15) is 12.8 Å². The average molecular weight is 400 g/mol. The molecule has 0 spiro atoms. The number of nitrogens with zero attached hydrogens (tertiary/aromatic N) is 6. The van der Waals surface area contributed by atoms with Crippen LogP contribution in [0, 0.1) is 0 Å². The van der Waals surface area contributed by atoms with Crippen molar-refractivity contribution in [2.45, 2.75) is 30.3 Å². The molecule has 1 fully saturated rings. The molecule has 1 atom stereocenters. The largest absolute Gasteiger partial charge is 0.274 e. The van der Waals surface area contributed by atoms with E-state index in [1.807, 2.05) is 6.07 Å². The lowest BCUT2D eigenvalue weighted by Gasteiger charge is -2.23. The average Bonchev–Trinajstić information content (AvgIpc) is 3.34. The van der Waals surface area contributed by atoms with Crippen molar-refractivity contribution in [1.29, 1.82) is 0 Å². The molecule has 1 aliphatic heterocycles. The molecule has 1 aliphatic rings. The van der Waals surface area contributed by atoms with Gasteiger partial charge in [-0.25, -0.2) is 13.1 Å². The third-order valence-corrected chi connectivity index (χ3v) is 6.72. The molecular weight excluding hydrogens is 380 g/mol. The Labute approximate surface area is 162 Å². The van der Waals surface area contributed by atoms with Gasteiger partial charge in [0.05, 0.1) is 18.4 Å². The van der Waals surface area contributed by atoms with Crippen molar-refractivity contribution in [1.82, 2.24) is 28.9 Å². The van der Waals surface area contributed by atoms with Crippen LogP contribution in [0.5, 0.6) is 0 Å². The van der Waals surface area contributed by atoms with Crippen LogP contribution >= 0.6 is 0 Å². The summed E-state index contributed by atoms with van der Waals surface area (Å²) in [6, 6.07) is 6.42. The van der Waals surface area contributed by atoms with E-state index >= 15 is 0 Å². The zero-order chi connectivity index (χ0) is 19.7. The molecule has 4 rings (SSSR count). The van der Waals surface area contributed by atoms with Crippen LogP contribution in [-0.4, -0.2) is 49.9 Å². The van der Waals surface area contributed by atoms with Crippen molar-refractivity contribution in [3.63, 3.8) is 0 Å². The van der Waals surface area contributed by atoms with Gasteiger partial charge < -0.3 is 0 Å². The van der Waals surface area contributed by atoms with Gasteiger partial charge in [0.15, 0.2) is 0 Å². The lowest BCUT2D eigenvalue weighted by Crippen LogP contribution is -2.40. The van der Waals surface area contributed by atoms with Crippen molar-refractivity contribution in [2.75, 3.05) is 6.54 Å². The van der Waals surface area contributed by atoms with Crippen molar-refractivity contribution < 1.29 is 8.42 Å². The highest BCUT2D eigenvalue weighted by Crippen LogP contribution is 2.26. The Bertz CT molecular complexity index is 1140. The smallest absolute Gasteiger partial charge is 0.266 e. The van der Waals surface area contributed by atoms with E-state index in [-0.39, 0.29) is 23.0 Å². The van der Waals surface area contributed by atoms with Crippen molar-refractivity contribution in [3.8, 4) is 11.3 Å². The summed E-state index contributed by atoms with van der Waals surface area (Å²) in [6.45, 7) is 0.616. The fourth-order valence-electron chi connectivity index (χ4n) is 3.42. The van der Waals surface area contributed by atoms with Crippen molar-refractivity contribution in [2.24, 2.45) is 7.05 Å². The second-order valence-corrected chi connectivity index (χ2v) is 8.63. The van der Waals surface area contributed by atoms with Crippen LogP contribution in [0.25, 0.3) is 11.3 Å². The summed E-state index contributed by atoms with van der Waals surface area (Å²) in [6.07, 6.45) is 7.58. The van der Waals surface area contributed by atoms with Crippen LogP contribution in [0.2, 0.25) is 0 Å². The summed E-state index contributed by atoms with van der Waals surface area (Å²) in [4.78, 5) is 16.6. The first kappa shape index (κ1) is 18.5. The fraction of sp³-hybridized carbons (Fsp3) is 0.333. The normalized spacial score (nSPS) is 17.8. The lowest BCUT2D eigenvalue weighted by molar-refractivity contribution is 0.335. The molecule has 0 amide bonds. The number of hydrogen-bond donors (Lipinski definition) is 0. The van der Waals surface area contributed by atoms with E-state index in [0.717, 1.165) is 12.0 Å². The summed E-state index contributed by atoms with van der Waals surface area (Å²) < 4.78 is 30.2. The van der Waals surface area contributed by atoms with E-state index in [9.17, 15) is 13.2 Å². The maximum Gasteiger partial charge on any atom is 0.266 e. The van der Waals surface area contributed by atoms with Crippen LogP contribution < -0.4 is 5.56 Å². The number of aryl methyl sites for hydroxylation is 1. The highest BCUT2D eigenvalue weighted by atomic mass is 32.2. The van der Waals surface area contributed by atoms with E-state index in [1.54, 1.807) is 31.6 Å². The summed E-state index contributed by atoms with van der Waals surface area (Å²) in [5.41, 5.74) is 1.15. The van der Waals surface area contributed by atoms with Gasteiger partial charge in [-0.2, -0.15) is 14.5 Å². The van der Waals surface area contributed by atoms with E-state index in [0.29, 0.717) is 18.7 Å². The SMILES string of the molecule is Cn1cc(S(=O)(=O)N2CCCC2Cn2nc(-c3cccnc3)ccc2=O)cn1. The van der Waals surface area contributed by atoms with E-state index < -0.39 is 10.0 Å². The zero-order valence-electron chi connectivity index (χ0n) is 15.3. The molecule has 146 valence electrons. The Kier molecular flexibility index (Phi) is 4.82. The summed E-state index contributed by atoms with van der Waals surface area (Å²) in [7, 11) is -1.99. The molecule has 3 aromatic rings. The molecule has 10 heteroatoms. The number of pyridine rings is 1. The first-order chi connectivity index (χ1) is 13.4. The van der Waals surface area contributed by atoms with Crippen LogP contribution in [-0.2, 0) is 23.6 Å². The lowest BCUT2D eigenvalue weighted by atomic mass is 10.2. The maximum absolute atomic E-state index is 13.0. The minimum atomic E-state index is -3.67. The highest BCUT2D eigenvalue weighted by molar-refractivity contribution is 7.89. The summed E-state index contributed by atoms with van der Waals surface area (Å²) in [5, 5.41) is 8.39. The Balaban J connectivity index is 1.62. The molecule has 0 radical (unpaired) electrons. The van der Waals surface area contributed by atoms with E-state index in [4.69, 9.17) is 0 Å². The standard InChI is InChI=1S/C18H20N6O3S/c1-22-13-16(11-20-22)28(26,27)24-9-3-5-15(24)12-23-18(25)7-6-17(21-23)14-4-2-8-19-10-14/h2,4,6-8,10-11,13,15H,3,5,9,12H2,1H3. The predicted octanol–water partition coefficient (Wildman–Crippen LogP) is 0.892. The van der Waals surface area contributed by atoms with Gasteiger partial charge in [0.1, 0.15) is 4.90 Å². The number of aromatic nitrogens is 5. The molecule has 0 saturated carbocycles. The van der Waals surface area contributed by atoms with Gasteiger partial charge in [-0.3, -0.25) is 14.5 Å². The first-order valence-electron chi connectivity index (χ1n) is 8.94. The number of hydrogen-bond acceptors (Lipinski definition) is 6. The number of sulfonamides is 1. The molecule has 4 heterocycles.